The third kappa shape index (κ3) is 3.52. The second kappa shape index (κ2) is 5.46. The topological polar surface area (TPSA) is 122 Å². The molecular weight excluding hydrogens is 301 g/mol. The van der Waals surface area contributed by atoms with Crippen LogP contribution in [0.25, 0.3) is 0 Å². The fourth-order valence-electron chi connectivity index (χ4n) is 1.55. The summed E-state index contributed by atoms with van der Waals surface area (Å²) >= 11 is 0. The first-order valence-corrected chi connectivity index (χ1v) is 7.15. The highest BCUT2D eigenvalue weighted by Gasteiger charge is 2.14. The van der Waals surface area contributed by atoms with Gasteiger partial charge in [0.25, 0.3) is 5.91 Å². The van der Waals surface area contributed by atoms with Gasteiger partial charge in [-0.25, -0.2) is 17.9 Å². The number of primary sulfonamides is 1. The Morgan fingerprint density at radius 1 is 1.24 bits per heavy atom. The Morgan fingerprint density at radius 3 is 2.57 bits per heavy atom. The van der Waals surface area contributed by atoms with Gasteiger partial charge in [-0.3, -0.25) is 9.59 Å². The number of aromatic nitrogens is 1. The van der Waals surface area contributed by atoms with Gasteiger partial charge in [0.2, 0.25) is 15.6 Å². The van der Waals surface area contributed by atoms with E-state index in [9.17, 15) is 22.4 Å². The second-order valence-corrected chi connectivity index (χ2v) is 5.63. The normalized spacial score (nSPS) is 11.1. The van der Waals surface area contributed by atoms with Crippen LogP contribution in [0.5, 0.6) is 0 Å². The van der Waals surface area contributed by atoms with Gasteiger partial charge in [-0.05, 0) is 24.3 Å². The van der Waals surface area contributed by atoms with E-state index in [2.05, 4.69) is 10.3 Å². The molecule has 1 amide bonds. The molecular formula is C12H10FN3O4S. The standard InChI is InChI=1S/C12H10FN3O4S/c13-8-5-4-7(21(14,19)20)6-10(8)16-12(18)9-2-1-3-11(17)15-9/h1-6H,(H,15,17)(H,16,18)(H2,14,19,20). The lowest BCUT2D eigenvalue weighted by molar-refractivity contribution is 0.102. The number of hydrogen-bond donors (Lipinski definition) is 3. The van der Waals surface area contributed by atoms with Gasteiger partial charge in [-0.1, -0.05) is 6.07 Å². The number of rotatable bonds is 3. The highest BCUT2D eigenvalue weighted by molar-refractivity contribution is 7.89. The fraction of sp³-hybridized carbons (Fsp3) is 0. The first kappa shape index (κ1) is 14.9. The number of sulfonamides is 1. The Morgan fingerprint density at radius 2 is 1.95 bits per heavy atom. The van der Waals surface area contributed by atoms with Crippen LogP contribution in [0.1, 0.15) is 10.5 Å². The van der Waals surface area contributed by atoms with Crippen molar-refractivity contribution in [1.82, 2.24) is 4.98 Å². The summed E-state index contributed by atoms with van der Waals surface area (Å²) in [5, 5.41) is 7.09. The summed E-state index contributed by atoms with van der Waals surface area (Å²) in [5.41, 5.74) is -0.958. The second-order valence-electron chi connectivity index (χ2n) is 4.07. The summed E-state index contributed by atoms with van der Waals surface area (Å²) in [5.74, 6) is -1.63. The highest BCUT2D eigenvalue weighted by atomic mass is 32.2. The number of halogens is 1. The lowest BCUT2D eigenvalue weighted by atomic mass is 10.3. The zero-order chi connectivity index (χ0) is 15.6. The fourth-order valence-corrected chi connectivity index (χ4v) is 2.09. The van der Waals surface area contributed by atoms with E-state index in [4.69, 9.17) is 5.14 Å². The Balaban J connectivity index is 2.35. The van der Waals surface area contributed by atoms with E-state index in [0.717, 1.165) is 18.2 Å². The van der Waals surface area contributed by atoms with Gasteiger partial charge in [-0.15, -0.1) is 0 Å². The molecule has 0 bridgehead atoms. The minimum absolute atomic E-state index is 0.0945. The summed E-state index contributed by atoms with van der Waals surface area (Å²) in [7, 11) is -4.03. The van der Waals surface area contributed by atoms with Crippen LogP contribution in [0, 0.1) is 5.82 Å². The van der Waals surface area contributed by atoms with Crippen molar-refractivity contribution in [1.29, 1.82) is 0 Å². The number of carbonyl (C=O) groups excluding carboxylic acids is 1. The summed E-state index contributed by atoms with van der Waals surface area (Å²) in [6, 6.07) is 6.61. The van der Waals surface area contributed by atoms with E-state index in [1.165, 1.54) is 18.2 Å². The number of pyridine rings is 1. The van der Waals surface area contributed by atoms with Crippen molar-refractivity contribution < 1.29 is 17.6 Å². The lowest BCUT2D eigenvalue weighted by Gasteiger charge is -2.07. The van der Waals surface area contributed by atoms with Crippen LogP contribution in [-0.4, -0.2) is 19.3 Å². The number of hydrogen-bond acceptors (Lipinski definition) is 4. The third-order valence-electron chi connectivity index (χ3n) is 2.53. The molecule has 0 saturated heterocycles. The third-order valence-corrected chi connectivity index (χ3v) is 3.44. The van der Waals surface area contributed by atoms with Crippen molar-refractivity contribution in [3.8, 4) is 0 Å². The van der Waals surface area contributed by atoms with Crippen molar-refractivity contribution in [2.24, 2.45) is 5.14 Å². The van der Waals surface area contributed by atoms with Crippen LogP contribution in [0.2, 0.25) is 0 Å². The molecule has 0 aliphatic rings. The number of benzene rings is 1. The number of H-pyrrole nitrogens is 1. The molecule has 0 fully saturated rings. The average molecular weight is 311 g/mol. The molecule has 0 atom stereocenters. The molecule has 0 unspecified atom stereocenters. The number of anilines is 1. The van der Waals surface area contributed by atoms with Gasteiger partial charge < -0.3 is 10.3 Å². The molecule has 9 heteroatoms. The molecule has 7 nitrogen and oxygen atoms in total. The van der Waals surface area contributed by atoms with Crippen LogP contribution < -0.4 is 16.0 Å². The minimum atomic E-state index is -4.03. The zero-order valence-electron chi connectivity index (χ0n) is 10.5. The lowest BCUT2D eigenvalue weighted by Crippen LogP contribution is -2.19. The molecule has 21 heavy (non-hydrogen) atoms. The number of nitrogens with two attached hydrogens (primary N) is 1. The van der Waals surface area contributed by atoms with Crippen molar-refractivity contribution in [3.63, 3.8) is 0 Å². The maximum atomic E-state index is 13.6. The quantitative estimate of drug-likeness (QED) is 0.760. The molecule has 4 N–H and O–H groups in total. The maximum absolute atomic E-state index is 13.6. The van der Waals surface area contributed by atoms with Gasteiger partial charge in [0.05, 0.1) is 10.6 Å². The Bertz CT molecular complexity index is 861. The van der Waals surface area contributed by atoms with Gasteiger partial charge in [-0.2, -0.15) is 0 Å². The van der Waals surface area contributed by atoms with E-state index in [0.29, 0.717) is 0 Å². The summed E-state index contributed by atoms with van der Waals surface area (Å²) in [6.07, 6.45) is 0. The van der Waals surface area contributed by atoms with Crippen molar-refractivity contribution in [2.75, 3.05) is 5.32 Å². The molecule has 0 radical (unpaired) electrons. The summed E-state index contributed by atoms with van der Waals surface area (Å²) in [6.45, 7) is 0. The van der Waals surface area contributed by atoms with Crippen LogP contribution in [-0.2, 0) is 10.0 Å². The van der Waals surface area contributed by atoms with Crippen LogP contribution in [0.4, 0.5) is 10.1 Å². The van der Waals surface area contributed by atoms with Gasteiger partial charge in [0.15, 0.2) is 0 Å². The monoisotopic (exact) mass is 311 g/mol. The van der Waals surface area contributed by atoms with Crippen molar-refractivity contribution in [3.05, 3.63) is 58.3 Å². The van der Waals surface area contributed by atoms with E-state index >= 15 is 0 Å². The zero-order valence-corrected chi connectivity index (χ0v) is 11.3. The van der Waals surface area contributed by atoms with Crippen LogP contribution in [0.15, 0.2) is 46.1 Å². The van der Waals surface area contributed by atoms with E-state index in [1.807, 2.05) is 0 Å². The maximum Gasteiger partial charge on any atom is 0.272 e. The van der Waals surface area contributed by atoms with Gasteiger partial charge in [0.1, 0.15) is 11.5 Å². The molecule has 0 saturated carbocycles. The van der Waals surface area contributed by atoms with Crippen molar-refractivity contribution in [2.45, 2.75) is 4.90 Å². The van der Waals surface area contributed by atoms with E-state index in [1.54, 1.807) is 0 Å². The smallest absolute Gasteiger partial charge is 0.272 e. The van der Waals surface area contributed by atoms with Crippen LogP contribution in [0.3, 0.4) is 0 Å². The van der Waals surface area contributed by atoms with Crippen LogP contribution >= 0.6 is 0 Å². The first-order chi connectivity index (χ1) is 9.77. The Kier molecular flexibility index (Phi) is 3.87. The van der Waals surface area contributed by atoms with Gasteiger partial charge in [0, 0.05) is 6.07 Å². The SMILES string of the molecule is NS(=O)(=O)c1ccc(F)c(NC(=O)c2cccc(=O)[nH]2)c1. The molecule has 1 heterocycles. The average Bonchev–Trinajstić information content (AvgIpc) is 2.40. The molecule has 110 valence electrons. The number of carbonyl (C=O) groups is 1. The number of amides is 1. The molecule has 2 rings (SSSR count). The van der Waals surface area contributed by atoms with E-state index in [-0.39, 0.29) is 16.3 Å². The predicted octanol–water partition coefficient (Wildman–Crippen LogP) is 0.414. The Hall–Kier alpha value is -2.52. The molecule has 1 aromatic heterocycles. The van der Waals surface area contributed by atoms with Gasteiger partial charge >= 0.3 is 0 Å². The number of nitrogens with one attached hydrogen (secondary N) is 2. The summed E-state index contributed by atoms with van der Waals surface area (Å²) < 4.78 is 36.0. The Labute approximate surface area is 118 Å². The summed E-state index contributed by atoms with van der Waals surface area (Å²) in [4.78, 5) is 24.9. The molecule has 2 aromatic rings. The minimum Gasteiger partial charge on any atom is -0.318 e. The highest BCUT2D eigenvalue weighted by Crippen LogP contribution is 2.19. The molecule has 0 spiro atoms. The molecule has 0 aliphatic carbocycles. The molecule has 1 aromatic carbocycles. The van der Waals surface area contributed by atoms with E-state index < -0.39 is 27.3 Å². The first-order valence-electron chi connectivity index (χ1n) is 5.60. The predicted molar refractivity (Wildman–Crippen MR) is 72.8 cm³/mol. The largest absolute Gasteiger partial charge is 0.318 e. The molecule has 0 aliphatic heterocycles. The van der Waals surface area contributed by atoms with Crippen molar-refractivity contribution >= 4 is 21.6 Å². The number of aromatic amines is 1.